The molecular formula is C15H22Cl2N2. The predicted molar refractivity (Wildman–Crippen MR) is 83.0 cm³/mol. The van der Waals surface area contributed by atoms with E-state index >= 15 is 0 Å². The first-order valence-electron chi connectivity index (χ1n) is 6.97. The normalized spacial score (nSPS) is 19.6. The van der Waals surface area contributed by atoms with E-state index < -0.39 is 0 Å². The lowest BCUT2D eigenvalue weighted by molar-refractivity contribution is 0.194. The van der Waals surface area contributed by atoms with Crippen molar-refractivity contribution in [3.63, 3.8) is 0 Å². The Balaban J connectivity index is 2.04. The summed E-state index contributed by atoms with van der Waals surface area (Å²) in [7, 11) is 0. The molecule has 1 aromatic carbocycles. The Morgan fingerprint density at radius 2 is 2.16 bits per heavy atom. The van der Waals surface area contributed by atoms with Crippen molar-refractivity contribution in [2.75, 3.05) is 13.1 Å². The lowest BCUT2D eigenvalue weighted by atomic mass is 10.1. The number of halogens is 2. The quantitative estimate of drug-likeness (QED) is 0.885. The van der Waals surface area contributed by atoms with Crippen LogP contribution < -0.4 is 5.32 Å². The minimum atomic E-state index is 0.498. The zero-order valence-corrected chi connectivity index (χ0v) is 13.1. The molecule has 1 aliphatic heterocycles. The van der Waals surface area contributed by atoms with Gasteiger partial charge in [0, 0.05) is 35.2 Å². The van der Waals surface area contributed by atoms with Gasteiger partial charge in [0.1, 0.15) is 0 Å². The second-order valence-corrected chi connectivity index (χ2v) is 6.40. The highest BCUT2D eigenvalue weighted by atomic mass is 35.5. The number of hydrogen-bond donors (Lipinski definition) is 1. The molecule has 19 heavy (non-hydrogen) atoms. The Hall–Kier alpha value is -0.280. The lowest BCUT2D eigenvalue weighted by Crippen LogP contribution is -2.40. The summed E-state index contributed by atoms with van der Waals surface area (Å²) in [5, 5.41) is 5.11. The number of nitrogens with zero attached hydrogens (tertiary/aromatic N) is 1. The summed E-state index contributed by atoms with van der Waals surface area (Å²) in [6, 6.07) is 6.80. The summed E-state index contributed by atoms with van der Waals surface area (Å²) in [6.07, 6.45) is 2.56. The van der Waals surface area contributed by atoms with Gasteiger partial charge in [0.25, 0.3) is 0 Å². The molecule has 0 saturated carbocycles. The Kier molecular flexibility index (Phi) is 5.52. The maximum absolute atomic E-state index is 6.26. The van der Waals surface area contributed by atoms with E-state index in [1.54, 1.807) is 0 Å². The second kappa shape index (κ2) is 6.94. The van der Waals surface area contributed by atoms with Gasteiger partial charge in [0.05, 0.1) is 0 Å². The summed E-state index contributed by atoms with van der Waals surface area (Å²) in [4.78, 5) is 2.46. The van der Waals surface area contributed by atoms with Gasteiger partial charge >= 0.3 is 0 Å². The molecule has 1 saturated heterocycles. The molecule has 0 aromatic heterocycles. The van der Waals surface area contributed by atoms with E-state index in [1.165, 1.54) is 12.8 Å². The van der Waals surface area contributed by atoms with Crippen LogP contribution in [0.25, 0.3) is 0 Å². The first-order valence-corrected chi connectivity index (χ1v) is 7.73. The van der Waals surface area contributed by atoms with Crippen molar-refractivity contribution in [2.45, 2.75) is 45.3 Å². The van der Waals surface area contributed by atoms with Crippen molar-refractivity contribution in [2.24, 2.45) is 0 Å². The van der Waals surface area contributed by atoms with Crippen molar-refractivity contribution >= 4 is 23.2 Å². The van der Waals surface area contributed by atoms with E-state index in [0.29, 0.717) is 12.1 Å². The van der Waals surface area contributed by atoms with E-state index in [2.05, 4.69) is 24.1 Å². The third kappa shape index (κ3) is 4.35. The molecule has 4 heteroatoms. The Morgan fingerprint density at radius 1 is 1.37 bits per heavy atom. The van der Waals surface area contributed by atoms with Gasteiger partial charge in [-0.25, -0.2) is 0 Å². The minimum absolute atomic E-state index is 0.498. The fourth-order valence-corrected chi connectivity index (χ4v) is 2.91. The first-order chi connectivity index (χ1) is 9.06. The van der Waals surface area contributed by atoms with Crippen LogP contribution in [0.3, 0.4) is 0 Å². The molecule has 1 heterocycles. The van der Waals surface area contributed by atoms with Crippen molar-refractivity contribution in [3.05, 3.63) is 33.8 Å². The van der Waals surface area contributed by atoms with Crippen LogP contribution in [0.2, 0.25) is 10.0 Å². The maximum atomic E-state index is 6.26. The molecule has 0 radical (unpaired) electrons. The number of rotatable bonds is 5. The van der Waals surface area contributed by atoms with Crippen molar-refractivity contribution < 1.29 is 0 Å². The number of hydrogen-bond acceptors (Lipinski definition) is 2. The van der Waals surface area contributed by atoms with E-state index in [0.717, 1.165) is 35.2 Å². The molecule has 2 rings (SSSR count). The Morgan fingerprint density at radius 3 is 2.79 bits per heavy atom. The van der Waals surface area contributed by atoms with Crippen LogP contribution in [-0.2, 0) is 6.54 Å². The van der Waals surface area contributed by atoms with E-state index in [9.17, 15) is 0 Å². The molecule has 1 aliphatic rings. The van der Waals surface area contributed by atoms with Gasteiger partial charge in [-0.2, -0.15) is 0 Å². The van der Waals surface area contributed by atoms with Crippen molar-refractivity contribution in [3.8, 4) is 0 Å². The molecule has 0 bridgehead atoms. The molecule has 1 unspecified atom stereocenters. The highest BCUT2D eigenvalue weighted by molar-refractivity contribution is 6.33. The standard InChI is InChI=1S/C15H22Cl2N2/c1-11(2)19(10-14-4-3-7-18-14)9-12-8-13(16)5-6-15(12)17/h5-6,8,11,14,18H,3-4,7,9-10H2,1-2H3. The Labute approximate surface area is 126 Å². The fraction of sp³-hybridized carbons (Fsp3) is 0.600. The molecule has 106 valence electrons. The predicted octanol–water partition coefficient (Wildman–Crippen LogP) is 3.96. The summed E-state index contributed by atoms with van der Waals surface area (Å²) >= 11 is 12.3. The zero-order valence-electron chi connectivity index (χ0n) is 11.6. The van der Waals surface area contributed by atoms with Gasteiger partial charge in [0.2, 0.25) is 0 Å². The molecule has 1 aromatic rings. The topological polar surface area (TPSA) is 15.3 Å². The zero-order chi connectivity index (χ0) is 13.8. The van der Waals surface area contributed by atoms with Crippen LogP contribution in [0, 0.1) is 0 Å². The van der Waals surface area contributed by atoms with Crippen LogP contribution in [0.5, 0.6) is 0 Å². The Bertz CT molecular complexity index is 415. The summed E-state index contributed by atoms with van der Waals surface area (Å²) < 4.78 is 0. The molecule has 1 N–H and O–H groups in total. The maximum Gasteiger partial charge on any atom is 0.0452 e. The fourth-order valence-electron chi connectivity index (χ4n) is 2.54. The van der Waals surface area contributed by atoms with Gasteiger partial charge in [-0.05, 0) is 57.0 Å². The summed E-state index contributed by atoms with van der Waals surface area (Å²) in [6.45, 7) is 7.53. The SMILES string of the molecule is CC(C)N(Cc1cc(Cl)ccc1Cl)CC1CCCN1. The average Bonchev–Trinajstić information content (AvgIpc) is 2.85. The van der Waals surface area contributed by atoms with Crippen molar-refractivity contribution in [1.29, 1.82) is 0 Å². The molecule has 0 amide bonds. The van der Waals surface area contributed by atoms with Gasteiger partial charge < -0.3 is 5.32 Å². The summed E-state index contributed by atoms with van der Waals surface area (Å²) in [5.41, 5.74) is 1.11. The van der Waals surface area contributed by atoms with Gasteiger partial charge in [-0.1, -0.05) is 23.2 Å². The molecule has 1 atom stereocenters. The second-order valence-electron chi connectivity index (χ2n) is 5.55. The van der Waals surface area contributed by atoms with Crippen LogP contribution in [0.1, 0.15) is 32.3 Å². The molecule has 2 nitrogen and oxygen atoms in total. The highest BCUT2D eigenvalue weighted by Crippen LogP contribution is 2.23. The van der Waals surface area contributed by atoms with Crippen LogP contribution in [0.15, 0.2) is 18.2 Å². The summed E-state index contributed by atoms with van der Waals surface area (Å²) in [5.74, 6) is 0. The highest BCUT2D eigenvalue weighted by Gasteiger charge is 2.20. The van der Waals surface area contributed by atoms with Crippen molar-refractivity contribution in [1.82, 2.24) is 10.2 Å². The average molecular weight is 301 g/mol. The number of nitrogens with one attached hydrogen (secondary N) is 1. The lowest BCUT2D eigenvalue weighted by Gasteiger charge is -2.29. The van der Waals surface area contributed by atoms with Gasteiger partial charge in [-0.15, -0.1) is 0 Å². The van der Waals surface area contributed by atoms with Gasteiger partial charge in [-0.3, -0.25) is 4.90 Å². The smallest absolute Gasteiger partial charge is 0.0452 e. The van der Waals surface area contributed by atoms with Crippen LogP contribution in [0.4, 0.5) is 0 Å². The van der Waals surface area contributed by atoms with Gasteiger partial charge in [0.15, 0.2) is 0 Å². The molecular weight excluding hydrogens is 279 g/mol. The molecule has 0 aliphatic carbocycles. The van der Waals surface area contributed by atoms with E-state index in [-0.39, 0.29) is 0 Å². The first kappa shape index (κ1) is 15.1. The molecule has 0 spiro atoms. The minimum Gasteiger partial charge on any atom is -0.313 e. The third-order valence-electron chi connectivity index (χ3n) is 3.73. The third-order valence-corrected chi connectivity index (χ3v) is 4.33. The monoisotopic (exact) mass is 300 g/mol. The van der Waals surface area contributed by atoms with E-state index in [4.69, 9.17) is 23.2 Å². The number of benzene rings is 1. The van der Waals surface area contributed by atoms with Crippen LogP contribution >= 0.6 is 23.2 Å². The molecule has 1 fully saturated rings. The van der Waals surface area contributed by atoms with Crippen LogP contribution in [-0.4, -0.2) is 30.1 Å². The largest absolute Gasteiger partial charge is 0.313 e. The van der Waals surface area contributed by atoms with E-state index in [1.807, 2.05) is 18.2 Å².